The van der Waals surface area contributed by atoms with E-state index in [1.54, 1.807) is 0 Å². The molecule has 0 bridgehead atoms. The number of aromatic amines is 1. The van der Waals surface area contributed by atoms with E-state index < -0.39 is 6.09 Å². The highest BCUT2D eigenvalue weighted by atomic mass is 16.6. The van der Waals surface area contributed by atoms with Gasteiger partial charge in [-0.3, -0.25) is 0 Å². The van der Waals surface area contributed by atoms with Gasteiger partial charge in [0.15, 0.2) is 0 Å². The van der Waals surface area contributed by atoms with Gasteiger partial charge in [-0.15, -0.1) is 0 Å². The van der Waals surface area contributed by atoms with Gasteiger partial charge >= 0.3 is 6.09 Å². The molecule has 0 fully saturated rings. The second kappa shape index (κ2) is 3.48. The number of hydrogen-bond acceptors (Lipinski definition) is 2. The Hall–Kier alpha value is -2.10. The van der Waals surface area contributed by atoms with Gasteiger partial charge in [0.1, 0.15) is 6.61 Å². The standard InChI is InChI=1S/C12H10N2O2/c15-12-14-9(7-16-12)5-8-6-13-11-4-2-1-3-10(8)11/h1-4,6,13H,5,7H2. The number of fused-ring (bicyclic) bond motifs is 1. The predicted molar refractivity (Wildman–Crippen MR) is 60.8 cm³/mol. The molecule has 0 aliphatic carbocycles. The molecule has 1 aliphatic rings. The maximum atomic E-state index is 10.8. The monoisotopic (exact) mass is 214 g/mol. The van der Waals surface area contributed by atoms with Gasteiger partial charge in [0, 0.05) is 23.5 Å². The highest BCUT2D eigenvalue weighted by Gasteiger charge is 2.16. The number of H-pyrrole nitrogens is 1. The van der Waals surface area contributed by atoms with E-state index in [0.717, 1.165) is 16.8 Å². The van der Waals surface area contributed by atoms with E-state index in [-0.39, 0.29) is 0 Å². The minimum Gasteiger partial charge on any atom is -0.442 e. The molecule has 80 valence electrons. The second-order valence-corrected chi connectivity index (χ2v) is 3.77. The Bertz CT molecular complexity index is 583. The van der Waals surface area contributed by atoms with Gasteiger partial charge in [-0.1, -0.05) is 18.2 Å². The van der Waals surface area contributed by atoms with Crippen LogP contribution >= 0.6 is 0 Å². The number of carbonyl (C=O) groups is 1. The van der Waals surface area contributed by atoms with Crippen molar-refractivity contribution in [2.75, 3.05) is 6.61 Å². The van der Waals surface area contributed by atoms with Crippen LogP contribution in [0.2, 0.25) is 0 Å². The maximum absolute atomic E-state index is 10.8. The van der Waals surface area contributed by atoms with Crippen LogP contribution in [0.1, 0.15) is 5.56 Å². The van der Waals surface area contributed by atoms with Crippen LogP contribution in [0.4, 0.5) is 4.79 Å². The minimum absolute atomic E-state index is 0.318. The molecular weight excluding hydrogens is 204 g/mol. The zero-order chi connectivity index (χ0) is 11.0. The number of cyclic esters (lactones) is 1. The largest absolute Gasteiger partial charge is 0.442 e. The number of nitrogens with one attached hydrogen (secondary N) is 1. The molecule has 0 unspecified atom stereocenters. The van der Waals surface area contributed by atoms with Crippen molar-refractivity contribution in [3.63, 3.8) is 0 Å². The van der Waals surface area contributed by atoms with Crippen molar-refractivity contribution in [3.05, 3.63) is 36.0 Å². The molecule has 3 rings (SSSR count). The minimum atomic E-state index is -0.477. The van der Waals surface area contributed by atoms with E-state index in [4.69, 9.17) is 4.74 Å². The Morgan fingerprint density at radius 3 is 3.06 bits per heavy atom. The number of ether oxygens (including phenoxy) is 1. The van der Waals surface area contributed by atoms with Crippen molar-refractivity contribution in [2.24, 2.45) is 4.99 Å². The highest BCUT2D eigenvalue weighted by molar-refractivity contribution is 6.01. The van der Waals surface area contributed by atoms with Gasteiger partial charge in [-0.05, 0) is 11.6 Å². The topological polar surface area (TPSA) is 54.5 Å². The number of aromatic nitrogens is 1. The first-order valence-electron chi connectivity index (χ1n) is 5.11. The quantitative estimate of drug-likeness (QED) is 0.833. The summed E-state index contributed by atoms with van der Waals surface area (Å²) in [5.41, 5.74) is 3.03. The summed E-state index contributed by atoms with van der Waals surface area (Å²) in [5.74, 6) is 0. The Morgan fingerprint density at radius 2 is 2.25 bits per heavy atom. The zero-order valence-electron chi connectivity index (χ0n) is 8.56. The molecule has 1 aromatic carbocycles. The summed E-state index contributed by atoms with van der Waals surface area (Å²) in [7, 11) is 0. The van der Waals surface area contributed by atoms with Crippen LogP contribution in [-0.2, 0) is 11.2 Å². The van der Waals surface area contributed by atoms with Gasteiger partial charge in [-0.25, -0.2) is 4.79 Å². The Balaban J connectivity index is 1.95. The van der Waals surface area contributed by atoms with Crippen molar-refractivity contribution in [1.82, 2.24) is 4.98 Å². The third-order valence-electron chi connectivity index (χ3n) is 2.68. The van der Waals surface area contributed by atoms with Crippen LogP contribution in [0.15, 0.2) is 35.5 Å². The van der Waals surface area contributed by atoms with E-state index >= 15 is 0 Å². The number of para-hydroxylation sites is 1. The van der Waals surface area contributed by atoms with Crippen molar-refractivity contribution in [3.8, 4) is 0 Å². The maximum Gasteiger partial charge on any atom is 0.434 e. The van der Waals surface area contributed by atoms with Gasteiger partial charge in [-0.2, -0.15) is 4.99 Å². The van der Waals surface area contributed by atoms with Crippen molar-refractivity contribution in [1.29, 1.82) is 0 Å². The molecule has 4 nitrogen and oxygen atoms in total. The van der Waals surface area contributed by atoms with Gasteiger partial charge in [0.05, 0.1) is 5.71 Å². The number of amides is 1. The van der Waals surface area contributed by atoms with Gasteiger partial charge in [0.2, 0.25) is 0 Å². The lowest BCUT2D eigenvalue weighted by Gasteiger charge is -1.97. The Morgan fingerprint density at radius 1 is 1.38 bits per heavy atom. The van der Waals surface area contributed by atoms with Crippen LogP contribution in [0.25, 0.3) is 10.9 Å². The Kier molecular flexibility index (Phi) is 1.99. The zero-order valence-corrected chi connectivity index (χ0v) is 8.56. The average molecular weight is 214 g/mol. The number of carbonyl (C=O) groups excluding carboxylic acids is 1. The van der Waals surface area contributed by atoms with Crippen LogP contribution < -0.4 is 0 Å². The number of hydrogen-bond donors (Lipinski definition) is 1. The van der Waals surface area contributed by atoms with Crippen LogP contribution in [0, 0.1) is 0 Å². The van der Waals surface area contributed by atoms with Crippen LogP contribution in [-0.4, -0.2) is 23.4 Å². The van der Waals surface area contributed by atoms with E-state index in [0.29, 0.717) is 13.0 Å². The lowest BCUT2D eigenvalue weighted by atomic mass is 10.1. The first-order chi connectivity index (χ1) is 7.83. The summed E-state index contributed by atoms with van der Waals surface area (Å²) in [5, 5.41) is 1.17. The molecule has 1 N–H and O–H groups in total. The number of rotatable bonds is 2. The van der Waals surface area contributed by atoms with Crippen LogP contribution in [0.5, 0.6) is 0 Å². The molecule has 2 aromatic rings. The Labute approximate surface area is 91.9 Å². The van der Waals surface area contributed by atoms with Crippen LogP contribution in [0.3, 0.4) is 0 Å². The molecule has 0 saturated carbocycles. The van der Waals surface area contributed by atoms with Gasteiger partial charge < -0.3 is 9.72 Å². The number of nitrogens with zero attached hydrogens (tertiary/aromatic N) is 1. The van der Waals surface area contributed by atoms with E-state index in [1.165, 1.54) is 5.39 Å². The van der Waals surface area contributed by atoms with Crippen molar-refractivity contribution < 1.29 is 9.53 Å². The molecule has 0 atom stereocenters. The molecule has 1 aromatic heterocycles. The average Bonchev–Trinajstić information content (AvgIpc) is 2.87. The normalized spacial score (nSPS) is 15.2. The fourth-order valence-electron chi connectivity index (χ4n) is 1.93. The molecule has 0 saturated heterocycles. The summed E-state index contributed by atoms with van der Waals surface area (Å²) in [6, 6.07) is 8.07. The first kappa shape index (κ1) is 9.15. The summed E-state index contributed by atoms with van der Waals surface area (Å²) in [6.45, 7) is 0.318. The van der Waals surface area contributed by atoms with Gasteiger partial charge in [0.25, 0.3) is 0 Å². The summed E-state index contributed by atoms with van der Waals surface area (Å²) in [6.07, 6.45) is 2.14. The molecule has 4 heteroatoms. The molecule has 16 heavy (non-hydrogen) atoms. The fraction of sp³-hybridized carbons (Fsp3) is 0.167. The SMILES string of the molecule is O=C1N=C(Cc2c[nH]c3ccccc23)CO1. The van der Waals surface area contributed by atoms with Crippen molar-refractivity contribution >= 4 is 22.7 Å². The molecule has 2 heterocycles. The lowest BCUT2D eigenvalue weighted by molar-refractivity contribution is 0.181. The first-order valence-corrected chi connectivity index (χ1v) is 5.11. The smallest absolute Gasteiger partial charge is 0.434 e. The third kappa shape index (κ3) is 1.48. The molecule has 1 amide bonds. The summed E-state index contributed by atoms with van der Waals surface area (Å²) >= 11 is 0. The molecule has 0 radical (unpaired) electrons. The summed E-state index contributed by atoms with van der Waals surface area (Å²) < 4.78 is 4.77. The number of aliphatic imine (C=N–C) groups is 1. The van der Waals surface area contributed by atoms with E-state index in [2.05, 4.69) is 16.0 Å². The second-order valence-electron chi connectivity index (χ2n) is 3.77. The van der Waals surface area contributed by atoms with Crippen molar-refractivity contribution in [2.45, 2.75) is 6.42 Å². The fourth-order valence-corrected chi connectivity index (χ4v) is 1.93. The molecule has 1 aliphatic heterocycles. The molecule has 0 spiro atoms. The lowest BCUT2D eigenvalue weighted by Crippen LogP contribution is -2.04. The van der Waals surface area contributed by atoms with E-state index in [9.17, 15) is 4.79 Å². The predicted octanol–water partition coefficient (Wildman–Crippen LogP) is 2.30. The van der Waals surface area contributed by atoms with E-state index in [1.807, 2.05) is 24.4 Å². The molecular formula is C12H10N2O2. The highest BCUT2D eigenvalue weighted by Crippen LogP contribution is 2.19. The summed E-state index contributed by atoms with van der Waals surface area (Å²) in [4.78, 5) is 17.8. The number of benzene rings is 1. The third-order valence-corrected chi connectivity index (χ3v) is 2.68.